The summed E-state index contributed by atoms with van der Waals surface area (Å²) in [4.78, 5) is 0. The van der Waals surface area contributed by atoms with Crippen LogP contribution in [0, 0.1) is 23.2 Å². The van der Waals surface area contributed by atoms with Gasteiger partial charge in [0.25, 0.3) is 0 Å². The lowest BCUT2D eigenvalue weighted by Crippen LogP contribution is -2.51. The Morgan fingerprint density at radius 2 is 1.52 bits per heavy atom. The molecule has 6 aliphatic rings. The molecular formula is C26H46O3. The Morgan fingerprint density at radius 3 is 2.17 bits per heavy atom. The summed E-state index contributed by atoms with van der Waals surface area (Å²) in [5.41, 5.74) is 2.36. The number of epoxide rings is 1. The van der Waals surface area contributed by atoms with E-state index in [-0.39, 0.29) is 5.79 Å². The van der Waals surface area contributed by atoms with Crippen LogP contribution < -0.4 is 0 Å². The van der Waals surface area contributed by atoms with Crippen LogP contribution in [0.15, 0.2) is 11.6 Å². The van der Waals surface area contributed by atoms with Crippen LogP contribution in [0.1, 0.15) is 99.8 Å². The van der Waals surface area contributed by atoms with Crippen molar-refractivity contribution in [2.45, 2.75) is 117 Å². The van der Waals surface area contributed by atoms with Crippen molar-refractivity contribution in [2.75, 3.05) is 13.2 Å². The van der Waals surface area contributed by atoms with Gasteiger partial charge in [-0.3, -0.25) is 0 Å². The third-order valence-corrected chi connectivity index (χ3v) is 8.58. The smallest absolute Gasteiger partial charge is 0.172 e. The van der Waals surface area contributed by atoms with Gasteiger partial charge in [-0.2, -0.15) is 0 Å². The molecule has 2 saturated heterocycles. The van der Waals surface area contributed by atoms with E-state index < -0.39 is 0 Å². The van der Waals surface area contributed by atoms with Crippen molar-refractivity contribution in [1.29, 1.82) is 0 Å². The largest absolute Gasteiger partial charge is 0.366 e. The highest BCUT2D eigenvalue weighted by Crippen LogP contribution is 2.69. The van der Waals surface area contributed by atoms with Gasteiger partial charge in [-0.05, 0) is 61.7 Å². The molecule has 4 aliphatic carbocycles. The minimum absolute atomic E-state index is 0.272. The summed E-state index contributed by atoms with van der Waals surface area (Å²) < 4.78 is 18.2. The molecule has 0 amide bonds. The number of fused-ring (bicyclic) bond motifs is 4. The highest BCUT2D eigenvalue weighted by atomic mass is 16.7. The molecule has 0 aromatic rings. The molecule has 6 rings (SSSR count). The maximum absolute atomic E-state index is 6.18. The second kappa shape index (κ2) is 9.01. The number of hydrogen-bond donors (Lipinski definition) is 0. The average Bonchev–Trinajstić information content (AvgIpc) is 3.11. The minimum Gasteiger partial charge on any atom is -0.366 e. The first-order chi connectivity index (χ1) is 14.2. The molecule has 0 aromatic heterocycles. The zero-order chi connectivity index (χ0) is 21.3. The first kappa shape index (κ1) is 23.3. The number of rotatable bonds is 0. The maximum Gasteiger partial charge on any atom is 0.172 e. The molecular weight excluding hydrogens is 360 g/mol. The Labute approximate surface area is 179 Å². The van der Waals surface area contributed by atoms with E-state index in [0.717, 1.165) is 43.8 Å². The van der Waals surface area contributed by atoms with Crippen molar-refractivity contribution in [2.24, 2.45) is 23.2 Å². The maximum atomic E-state index is 6.18. The Balaban J connectivity index is 0.000000370. The van der Waals surface area contributed by atoms with Gasteiger partial charge in [0.15, 0.2) is 5.79 Å². The van der Waals surface area contributed by atoms with E-state index in [4.69, 9.17) is 14.2 Å². The van der Waals surface area contributed by atoms with Gasteiger partial charge in [-0.25, -0.2) is 0 Å². The molecule has 2 aliphatic heterocycles. The van der Waals surface area contributed by atoms with Crippen LogP contribution in [0.25, 0.3) is 0 Å². The monoisotopic (exact) mass is 406 g/mol. The predicted molar refractivity (Wildman–Crippen MR) is 120 cm³/mol. The van der Waals surface area contributed by atoms with Crippen LogP contribution in [-0.2, 0) is 14.2 Å². The van der Waals surface area contributed by atoms with Gasteiger partial charge in [-0.15, -0.1) is 0 Å². The second-order valence-electron chi connectivity index (χ2n) is 9.22. The Hall–Kier alpha value is -0.380. The Bertz CT molecular complexity index is 579. The van der Waals surface area contributed by atoms with Crippen molar-refractivity contribution in [3.63, 3.8) is 0 Å². The summed E-state index contributed by atoms with van der Waals surface area (Å²) in [7, 11) is 0. The summed E-state index contributed by atoms with van der Waals surface area (Å²) in [6.45, 7) is 16.1. The fourth-order valence-electron chi connectivity index (χ4n) is 7.35. The first-order valence-corrected chi connectivity index (χ1v) is 12.8. The van der Waals surface area contributed by atoms with E-state index in [0.29, 0.717) is 17.1 Å². The zero-order valence-corrected chi connectivity index (χ0v) is 20.2. The number of ether oxygens (including phenoxy) is 3. The molecule has 2 heterocycles. The van der Waals surface area contributed by atoms with Gasteiger partial charge in [0, 0.05) is 12.8 Å². The lowest BCUT2D eigenvalue weighted by atomic mass is 9.50. The normalized spacial score (nSPS) is 44.7. The van der Waals surface area contributed by atoms with E-state index in [2.05, 4.69) is 13.0 Å². The molecule has 3 nitrogen and oxygen atoms in total. The van der Waals surface area contributed by atoms with Crippen molar-refractivity contribution < 1.29 is 14.2 Å². The average molecular weight is 407 g/mol. The molecule has 29 heavy (non-hydrogen) atoms. The van der Waals surface area contributed by atoms with E-state index in [1.165, 1.54) is 38.5 Å². The molecule has 6 atom stereocenters. The molecule has 3 saturated carbocycles. The van der Waals surface area contributed by atoms with Crippen LogP contribution >= 0.6 is 0 Å². The molecule has 2 spiro atoms. The Kier molecular flexibility index (Phi) is 7.23. The van der Waals surface area contributed by atoms with Crippen molar-refractivity contribution in [1.82, 2.24) is 0 Å². The van der Waals surface area contributed by atoms with Crippen LogP contribution in [0.3, 0.4) is 0 Å². The minimum atomic E-state index is -0.272. The molecule has 3 heteroatoms. The molecule has 5 fully saturated rings. The third kappa shape index (κ3) is 3.53. The second-order valence-corrected chi connectivity index (χ2v) is 9.22. The van der Waals surface area contributed by atoms with E-state index in [1.54, 1.807) is 5.57 Å². The Morgan fingerprint density at radius 1 is 0.828 bits per heavy atom. The number of hydrogen-bond acceptors (Lipinski definition) is 3. The summed E-state index contributed by atoms with van der Waals surface area (Å²) in [5.74, 6) is 2.30. The van der Waals surface area contributed by atoms with Crippen LogP contribution in [0.4, 0.5) is 0 Å². The van der Waals surface area contributed by atoms with Gasteiger partial charge in [0.2, 0.25) is 0 Å². The van der Waals surface area contributed by atoms with E-state index in [1.807, 2.05) is 41.5 Å². The summed E-state index contributed by atoms with van der Waals surface area (Å²) in [5, 5.41) is 0. The molecule has 0 radical (unpaired) electrons. The third-order valence-electron chi connectivity index (χ3n) is 8.58. The SMILES string of the molecule is CC.CC.CC.CC12CCC3(CC1=CCC1C2CCC24OC2CCC14)OCCO3. The predicted octanol–water partition coefficient (Wildman–Crippen LogP) is 6.90. The topological polar surface area (TPSA) is 31.0 Å². The van der Waals surface area contributed by atoms with Crippen LogP contribution in [-0.4, -0.2) is 30.7 Å². The lowest BCUT2D eigenvalue weighted by Gasteiger charge is -2.56. The highest BCUT2D eigenvalue weighted by Gasteiger charge is 2.70. The van der Waals surface area contributed by atoms with Gasteiger partial charge in [0.05, 0.1) is 24.9 Å². The molecule has 0 aromatic carbocycles. The van der Waals surface area contributed by atoms with Crippen molar-refractivity contribution >= 4 is 0 Å². The lowest BCUT2D eigenvalue weighted by molar-refractivity contribution is -0.184. The first-order valence-electron chi connectivity index (χ1n) is 12.8. The van der Waals surface area contributed by atoms with E-state index >= 15 is 0 Å². The fourth-order valence-corrected chi connectivity index (χ4v) is 7.35. The van der Waals surface area contributed by atoms with Gasteiger partial charge in [-0.1, -0.05) is 60.1 Å². The molecule has 168 valence electrons. The summed E-state index contributed by atoms with van der Waals surface area (Å²) in [6.07, 6.45) is 13.3. The van der Waals surface area contributed by atoms with Crippen LogP contribution in [0.2, 0.25) is 0 Å². The zero-order valence-electron chi connectivity index (χ0n) is 20.2. The van der Waals surface area contributed by atoms with Crippen LogP contribution in [0.5, 0.6) is 0 Å². The molecule has 0 N–H and O–H groups in total. The fraction of sp³-hybridized carbons (Fsp3) is 0.923. The summed E-state index contributed by atoms with van der Waals surface area (Å²) in [6, 6.07) is 0. The summed E-state index contributed by atoms with van der Waals surface area (Å²) >= 11 is 0. The standard InChI is InChI=1S/C20H28O3.3C2H6/c1-18-8-9-19(21-10-11-22-19)12-13(18)2-3-14-15(18)6-7-20-16(14)4-5-17(20)23-20;3*1-2/h2,14-17H,3-12H2,1H3;3*1-2H3. The van der Waals surface area contributed by atoms with Crippen molar-refractivity contribution in [3.05, 3.63) is 11.6 Å². The van der Waals surface area contributed by atoms with Gasteiger partial charge in [0.1, 0.15) is 0 Å². The van der Waals surface area contributed by atoms with Gasteiger partial charge < -0.3 is 14.2 Å². The van der Waals surface area contributed by atoms with Gasteiger partial charge >= 0.3 is 0 Å². The number of allylic oxidation sites excluding steroid dienone is 1. The van der Waals surface area contributed by atoms with Crippen molar-refractivity contribution in [3.8, 4) is 0 Å². The quantitative estimate of drug-likeness (QED) is 0.324. The highest BCUT2D eigenvalue weighted by molar-refractivity contribution is 5.28. The van der Waals surface area contributed by atoms with E-state index in [9.17, 15) is 0 Å². The molecule has 6 unspecified atom stereocenters. The molecule has 0 bridgehead atoms.